The number of anilines is 2. The third-order valence-corrected chi connectivity index (χ3v) is 3.60. The van der Waals surface area contributed by atoms with Crippen LogP contribution in [0.2, 0.25) is 0 Å². The van der Waals surface area contributed by atoms with Gasteiger partial charge in [-0.25, -0.2) is 4.68 Å². The molecule has 0 aromatic carbocycles. The van der Waals surface area contributed by atoms with E-state index in [0.717, 1.165) is 23.7 Å². The number of rotatable bonds is 3. The van der Waals surface area contributed by atoms with Gasteiger partial charge >= 0.3 is 0 Å². The van der Waals surface area contributed by atoms with Crippen molar-refractivity contribution in [3.05, 3.63) is 5.69 Å². The van der Waals surface area contributed by atoms with Crippen LogP contribution in [0.3, 0.4) is 0 Å². The van der Waals surface area contributed by atoms with E-state index in [1.54, 1.807) is 0 Å². The molecule has 1 heterocycles. The van der Waals surface area contributed by atoms with Crippen LogP contribution in [-0.2, 0) is 6.54 Å². The largest absolute Gasteiger partial charge is 0.394 e. The number of nitrogens with zero attached hydrogens (tertiary/aromatic N) is 2. The van der Waals surface area contributed by atoms with Crippen molar-refractivity contribution in [1.82, 2.24) is 9.78 Å². The number of hydrogen-bond acceptors (Lipinski definition) is 3. The molecule has 1 saturated carbocycles. The highest BCUT2D eigenvalue weighted by Crippen LogP contribution is 2.34. The Morgan fingerprint density at radius 2 is 2.06 bits per heavy atom. The minimum atomic E-state index is 0.202. The van der Waals surface area contributed by atoms with E-state index >= 15 is 0 Å². The monoisotopic (exact) mass is 222 g/mol. The van der Waals surface area contributed by atoms with Gasteiger partial charge in [0.1, 0.15) is 5.82 Å². The Labute approximate surface area is 97.2 Å². The Bertz CT molecular complexity index is 375. The molecule has 1 aromatic rings. The molecule has 4 heteroatoms. The second-order valence-corrected chi connectivity index (χ2v) is 5.06. The Morgan fingerprint density at radius 1 is 1.44 bits per heavy atom. The van der Waals surface area contributed by atoms with E-state index in [2.05, 4.69) is 24.3 Å². The normalized spacial score (nSPS) is 18.9. The first-order chi connectivity index (χ1) is 7.56. The molecule has 0 aliphatic heterocycles. The van der Waals surface area contributed by atoms with Gasteiger partial charge in [0.15, 0.2) is 0 Å². The van der Waals surface area contributed by atoms with E-state index < -0.39 is 0 Å². The number of aromatic nitrogens is 2. The molecule has 4 nitrogen and oxygen atoms in total. The van der Waals surface area contributed by atoms with Crippen LogP contribution in [0.15, 0.2) is 0 Å². The molecule has 0 spiro atoms. The fraction of sp³-hybridized carbons (Fsp3) is 0.750. The van der Waals surface area contributed by atoms with Gasteiger partial charge in [-0.1, -0.05) is 12.8 Å². The number of aryl methyl sites for hydroxylation is 2. The van der Waals surface area contributed by atoms with Crippen molar-refractivity contribution in [2.75, 3.05) is 11.1 Å². The average molecular weight is 222 g/mol. The number of hydrogen-bond donors (Lipinski definition) is 2. The van der Waals surface area contributed by atoms with Crippen molar-refractivity contribution in [2.45, 2.75) is 58.5 Å². The summed E-state index contributed by atoms with van der Waals surface area (Å²) in [6.07, 6.45) is 5.06. The lowest BCUT2D eigenvalue weighted by Gasteiger charge is -2.27. The Kier molecular flexibility index (Phi) is 2.82. The fourth-order valence-corrected chi connectivity index (χ4v) is 2.52. The lowest BCUT2D eigenvalue weighted by molar-refractivity contribution is 0.520. The standard InChI is InChI=1S/C12H22N4/c1-4-16-11(10(13)9(2)15-16)14-12(3)7-5-6-8-12/h14H,4-8,13H2,1-3H3. The van der Waals surface area contributed by atoms with Crippen LogP contribution >= 0.6 is 0 Å². The molecule has 3 N–H and O–H groups in total. The molecule has 1 aromatic heterocycles. The van der Waals surface area contributed by atoms with Crippen molar-refractivity contribution in [3.63, 3.8) is 0 Å². The van der Waals surface area contributed by atoms with Gasteiger partial charge in [-0.05, 0) is 33.6 Å². The van der Waals surface area contributed by atoms with Crippen molar-refractivity contribution in [3.8, 4) is 0 Å². The molecule has 16 heavy (non-hydrogen) atoms. The van der Waals surface area contributed by atoms with Gasteiger partial charge in [0, 0.05) is 12.1 Å². The highest BCUT2D eigenvalue weighted by Gasteiger charge is 2.30. The van der Waals surface area contributed by atoms with Crippen LogP contribution in [0.25, 0.3) is 0 Å². The molecule has 0 radical (unpaired) electrons. The predicted molar refractivity (Wildman–Crippen MR) is 67.5 cm³/mol. The van der Waals surface area contributed by atoms with Crippen molar-refractivity contribution in [2.24, 2.45) is 0 Å². The summed E-state index contributed by atoms with van der Waals surface area (Å²) in [5.74, 6) is 1.00. The Morgan fingerprint density at radius 3 is 2.62 bits per heavy atom. The molecule has 0 saturated heterocycles. The maximum absolute atomic E-state index is 6.07. The SMILES string of the molecule is CCn1nc(C)c(N)c1NC1(C)CCCC1. The van der Waals surface area contributed by atoms with Crippen LogP contribution in [0.4, 0.5) is 11.5 Å². The highest BCUT2D eigenvalue weighted by atomic mass is 15.3. The maximum Gasteiger partial charge on any atom is 0.148 e. The second-order valence-electron chi connectivity index (χ2n) is 5.06. The molecule has 0 amide bonds. The quantitative estimate of drug-likeness (QED) is 0.826. The maximum atomic E-state index is 6.07. The lowest BCUT2D eigenvalue weighted by Crippen LogP contribution is -2.32. The molecule has 2 rings (SSSR count). The summed E-state index contributed by atoms with van der Waals surface area (Å²) in [5.41, 5.74) is 8.00. The van der Waals surface area contributed by atoms with Gasteiger partial charge in [0.05, 0.1) is 11.4 Å². The summed E-state index contributed by atoms with van der Waals surface area (Å²) in [4.78, 5) is 0. The van der Waals surface area contributed by atoms with E-state index in [1.165, 1.54) is 25.7 Å². The predicted octanol–water partition coefficient (Wildman–Crippen LogP) is 2.54. The third kappa shape index (κ3) is 1.88. The number of nitrogens with two attached hydrogens (primary N) is 1. The summed E-state index contributed by atoms with van der Waals surface area (Å²) >= 11 is 0. The molecule has 0 atom stereocenters. The highest BCUT2D eigenvalue weighted by molar-refractivity contribution is 5.65. The average Bonchev–Trinajstić information content (AvgIpc) is 2.78. The minimum Gasteiger partial charge on any atom is -0.394 e. The Balaban J connectivity index is 2.26. The molecule has 0 unspecified atom stereocenters. The zero-order valence-corrected chi connectivity index (χ0v) is 10.5. The van der Waals surface area contributed by atoms with Crippen LogP contribution in [0.5, 0.6) is 0 Å². The van der Waals surface area contributed by atoms with Gasteiger partial charge < -0.3 is 11.1 Å². The number of nitrogens with one attached hydrogen (secondary N) is 1. The van der Waals surface area contributed by atoms with E-state index in [1.807, 2.05) is 11.6 Å². The van der Waals surface area contributed by atoms with Crippen molar-refractivity contribution >= 4 is 11.5 Å². The molecular weight excluding hydrogens is 200 g/mol. The summed E-state index contributed by atoms with van der Waals surface area (Å²) in [6, 6.07) is 0. The molecule has 90 valence electrons. The summed E-state index contributed by atoms with van der Waals surface area (Å²) in [5, 5.41) is 8.03. The molecule has 1 aliphatic rings. The molecule has 1 fully saturated rings. The summed E-state index contributed by atoms with van der Waals surface area (Å²) in [7, 11) is 0. The lowest BCUT2D eigenvalue weighted by atomic mass is 10.0. The van der Waals surface area contributed by atoms with E-state index in [0.29, 0.717) is 0 Å². The van der Waals surface area contributed by atoms with Crippen LogP contribution in [0.1, 0.15) is 45.2 Å². The molecule has 0 bridgehead atoms. The summed E-state index contributed by atoms with van der Waals surface area (Å²) < 4.78 is 1.97. The van der Waals surface area contributed by atoms with Gasteiger partial charge in [-0.15, -0.1) is 0 Å². The van der Waals surface area contributed by atoms with Gasteiger partial charge in [0.25, 0.3) is 0 Å². The zero-order valence-electron chi connectivity index (χ0n) is 10.5. The first kappa shape index (κ1) is 11.3. The molecular formula is C12H22N4. The zero-order chi connectivity index (χ0) is 11.8. The Hall–Kier alpha value is -1.19. The first-order valence-electron chi connectivity index (χ1n) is 6.17. The van der Waals surface area contributed by atoms with Gasteiger partial charge in [-0.2, -0.15) is 5.10 Å². The number of nitrogen functional groups attached to an aromatic ring is 1. The van der Waals surface area contributed by atoms with E-state index in [-0.39, 0.29) is 5.54 Å². The smallest absolute Gasteiger partial charge is 0.148 e. The van der Waals surface area contributed by atoms with Crippen molar-refractivity contribution < 1.29 is 0 Å². The first-order valence-corrected chi connectivity index (χ1v) is 6.17. The second kappa shape index (κ2) is 4.00. The van der Waals surface area contributed by atoms with Crippen LogP contribution in [0, 0.1) is 6.92 Å². The van der Waals surface area contributed by atoms with Gasteiger partial charge in [0.2, 0.25) is 0 Å². The molecule has 1 aliphatic carbocycles. The van der Waals surface area contributed by atoms with E-state index in [4.69, 9.17) is 5.73 Å². The van der Waals surface area contributed by atoms with Crippen LogP contribution < -0.4 is 11.1 Å². The van der Waals surface area contributed by atoms with Gasteiger partial charge in [-0.3, -0.25) is 0 Å². The van der Waals surface area contributed by atoms with Crippen LogP contribution in [-0.4, -0.2) is 15.3 Å². The third-order valence-electron chi connectivity index (χ3n) is 3.60. The van der Waals surface area contributed by atoms with E-state index in [9.17, 15) is 0 Å². The fourth-order valence-electron chi connectivity index (χ4n) is 2.52. The summed E-state index contributed by atoms with van der Waals surface area (Å²) in [6.45, 7) is 7.19. The minimum absolute atomic E-state index is 0.202. The van der Waals surface area contributed by atoms with Crippen molar-refractivity contribution in [1.29, 1.82) is 0 Å². The topological polar surface area (TPSA) is 55.9 Å².